The van der Waals surface area contributed by atoms with Crippen molar-refractivity contribution < 1.29 is 14.9 Å². The van der Waals surface area contributed by atoms with Crippen molar-refractivity contribution in [2.75, 3.05) is 13.2 Å². The normalized spacial score (nSPS) is 22.1. The third-order valence-electron chi connectivity index (χ3n) is 3.88. The van der Waals surface area contributed by atoms with Crippen LogP contribution in [0, 0.1) is 5.92 Å². The molecule has 0 amide bonds. The molecule has 0 saturated heterocycles. The first-order chi connectivity index (χ1) is 9.70. The van der Waals surface area contributed by atoms with Crippen molar-refractivity contribution in [2.24, 2.45) is 11.7 Å². The summed E-state index contributed by atoms with van der Waals surface area (Å²) in [6, 6.07) is 0. The minimum absolute atomic E-state index is 0.0119. The molecule has 0 heterocycles. The van der Waals surface area contributed by atoms with Gasteiger partial charge in [0.15, 0.2) is 5.76 Å². The highest BCUT2D eigenvalue weighted by Crippen LogP contribution is 2.25. The van der Waals surface area contributed by atoms with E-state index >= 15 is 0 Å². The van der Waals surface area contributed by atoms with Gasteiger partial charge in [-0.05, 0) is 42.2 Å². The van der Waals surface area contributed by atoms with Gasteiger partial charge >= 0.3 is 0 Å². The van der Waals surface area contributed by atoms with Crippen molar-refractivity contribution in [1.82, 2.24) is 0 Å². The Morgan fingerprint density at radius 3 is 2.75 bits per heavy atom. The molecular formula is C16H23NO3. The van der Waals surface area contributed by atoms with Gasteiger partial charge in [-0.25, -0.2) is 0 Å². The summed E-state index contributed by atoms with van der Waals surface area (Å²) in [4.78, 5) is 0. The van der Waals surface area contributed by atoms with Crippen LogP contribution in [0.2, 0.25) is 0 Å². The Morgan fingerprint density at radius 1 is 1.30 bits per heavy atom. The molecular weight excluding hydrogens is 254 g/mol. The van der Waals surface area contributed by atoms with Gasteiger partial charge in [0.1, 0.15) is 6.10 Å². The van der Waals surface area contributed by atoms with Crippen LogP contribution < -0.4 is 5.73 Å². The predicted molar refractivity (Wildman–Crippen MR) is 76.8 cm³/mol. The molecule has 0 aromatic carbocycles. The first kappa shape index (κ1) is 15.1. The zero-order valence-corrected chi connectivity index (χ0v) is 11.7. The van der Waals surface area contributed by atoms with Crippen molar-refractivity contribution in [1.29, 1.82) is 0 Å². The van der Waals surface area contributed by atoms with Crippen molar-refractivity contribution in [2.45, 2.75) is 44.3 Å². The van der Waals surface area contributed by atoms with Crippen LogP contribution in [-0.4, -0.2) is 35.6 Å². The van der Waals surface area contributed by atoms with E-state index in [1.807, 2.05) is 0 Å². The number of hydrogen-bond donors (Lipinski definition) is 3. The standard InChI is InChI=1S/C16H23NO3/c17-10-15(18)16(19)13-7-4-8-14(9-13)20-11-12-5-2-1-3-6-12/h7,9,12,15-16,18-19H,1-3,5-6,10-11,17H2/t15-,16-/m0/s1. The third kappa shape index (κ3) is 4.11. The molecule has 2 aliphatic rings. The second kappa shape index (κ2) is 7.49. The molecule has 2 aliphatic carbocycles. The van der Waals surface area contributed by atoms with Gasteiger partial charge in [-0.1, -0.05) is 25.0 Å². The van der Waals surface area contributed by atoms with Crippen LogP contribution in [0.15, 0.2) is 34.9 Å². The van der Waals surface area contributed by atoms with E-state index < -0.39 is 12.2 Å². The van der Waals surface area contributed by atoms with Crippen LogP contribution >= 0.6 is 0 Å². The number of aliphatic hydroxyl groups is 2. The average molecular weight is 277 g/mol. The molecule has 1 fully saturated rings. The zero-order chi connectivity index (χ0) is 14.4. The number of allylic oxidation sites excluding steroid dienone is 1. The Kier molecular flexibility index (Phi) is 5.66. The molecule has 2 atom stereocenters. The maximum Gasteiger partial charge on any atom is 0.170 e. The lowest BCUT2D eigenvalue weighted by Crippen LogP contribution is -2.34. The van der Waals surface area contributed by atoms with E-state index in [1.54, 1.807) is 12.2 Å². The van der Waals surface area contributed by atoms with Crippen molar-refractivity contribution >= 4 is 0 Å². The van der Waals surface area contributed by atoms with Crippen molar-refractivity contribution in [3.8, 4) is 0 Å². The van der Waals surface area contributed by atoms with Gasteiger partial charge in [-0.15, -0.1) is 0 Å². The number of rotatable bonds is 6. The second-order valence-electron chi connectivity index (χ2n) is 5.49. The minimum Gasteiger partial charge on any atom is -0.485 e. The fraction of sp³-hybridized carbons (Fsp3) is 0.625. The number of nitrogens with two attached hydrogens (primary N) is 1. The molecule has 110 valence electrons. The molecule has 4 N–H and O–H groups in total. The Labute approximate surface area is 119 Å². The van der Waals surface area contributed by atoms with E-state index in [0.29, 0.717) is 23.9 Å². The van der Waals surface area contributed by atoms with Crippen molar-refractivity contribution in [3.63, 3.8) is 0 Å². The fourth-order valence-electron chi connectivity index (χ4n) is 2.58. The molecule has 4 nitrogen and oxygen atoms in total. The van der Waals surface area contributed by atoms with E-state index in [9.17, 15) is 10.2 Å². The summed E-state index contributed by atoms with van der Waals surface area (Å²) in [6.45, 7) is 0.696. The first-order valence-electron chi connectivity index (χ1n) is 7.33. The molecule has 0 aromatic rings. The smallest absolute Gasteiger partial charge is 0.170 e. The van der Waals surface area contributed by atoms with Crippen LogP contribution in [0.3, 0.4) is 0 Å². The molecule has 0 unspecified atom stereocenters. The Morgan fingerprint density at radius 2 is 2.05 bits per heavy atom. The second-order valence-corrected chi connectivity index (χ2v) is 5.49. The van der Waals surface area contributed by atoms with Crippen molar-refractivity contribution in [3.05, 3.63) is 34.9 Å². The summed E-state index contributed by atoms with van der Waals surface area (Å²) >= 11 is 0. The van der Waals surface area contributed by atoms with E-state index in [-0.39, 0.29) is 6.54 Å². The summed E-state index contributed by atoms with van der Waals surface area (Å²) in [5.41, 5.74) is 11.6. The summed E-state index contributed by atoms with van der Waals surface area (Å²) in [7, 11) is 0. The van der Waals surface area contributed by atoms with Gasteiger partial charge < -0.3 is 20.7 Å². The molecule has 4 heteroatoms. The number of aliphatic hydroxyl groups excluding tert-OH is 2. The Hall–Kier alpha value is -1.28. The van der Waals surface area contributed by atoms with Crippen LogP contribution in [0.25, 0.3) is 0 Å². The van der Waals surface area contributed by atoms with E-state index in [1.165, 1.54) is 32.1 Å². The lowest BCUT2D eigenvalue weighted by atomic mass is 9.90. The molecule has 0 radical (unpaired) electrons. The molecule has 0 bridgehead atoms. The summed E-state index contributed by atoms with van der Waals surface area (Å²) in [5, 5.41) is 19.5. The maximum atomic E-state index is 9.91. The summed E-state index contributed by atoms with van der Waals surface area (Å²) < 4.78 is 5.74. The monoisotopic (exact) mass is 277 g/mol. The van der Waals surface area contributed by atoms with Crippen LogP contribution in [0.1, 0.15) is 32.1 Å². The van der Waals surface area contributed by atoms with Crippen LogP contribution in [0.5, 0.6) is 0 Å². The van der Waals surface area contributed by atoms with E-state index in [4.69, 9.17) is 10.5 Å². The molecule has 2 rings (SSSR count). The molecule has 20 heavy (non-hydrogen) atoms. The third-order valence-corrected chi connectivity index (χ3v) is 3.88. The van der Waals surface area contributed by atoms with Gasteiger partial charge in [0.2, 0.25) is 0 Å². The molecule has 0 spiro atoms. The minimum atomic E-state index is -1.01. The average Bonchev–Trinajstić information content (AvgIpc) is 2.52. The highest BCUT2D eigenvalue weighted by Gasteiger charge is 2.20. The molecule has 0 aliphatic heterocycles. The Bertz CT molecular complexity index is 450. The highest BCUT2D eigenvalue weighted by atomic mass is 16.5. The first-order valence-corrected chi connectivity index (χ1v) is 7.33. The van der Waals surface area contributed by atoms with Gasteiger partial charge in [0.05, 0.1) is 12.7 Å². The topological polar surface area (TPSA) is 75.7 Å². The van der Waals surface area contributed by atoms with Gasteiger partial charge in [-0.2, -0.15) is 0 Å². The van der Waals surface area contributed by atoms with E-state index in [2.05, 4.69) is 11.5 Å². The van der Waals surface area contributed by atoms with Crippen LogP contribution in [0.4, 0.5) is 0 Å². The quantitative estimate of drug-likeness (QED) is 0.641. The molecule has 0 aromatic heterocycles. The largest absolute Gasteiger partial charge is 0.485 e. The Balaban J connectivity index is 1.90. The lowest BCUT2D eigenvalue weighted by Gasteiger charge is -2.22. The number of ether oxygens (including phenoxy) is 1. The number of hydrogen-bond acceptors (Lipinski definition) is 4. The fourth-order valence-corrected chi connectivity index (χ4v) is 2.58. The summed E-state index contributed by atoms with van der Waals surface area (Å²) in [6.07, 6.45) is 7.64. The SMILES string of the molecule is NC[C@H](O)[C@@H](O)C1=CC(OCC2CCCCC2)=C=C=C1. The van der Waals surface area contributed by atoms with Gasteiger partial charge in [0, 0.05) is 6.54 Å². The highest BCUT2D eigenvalue weighted by molar-refractivity contribution is 5.34. The van der Waals surface area contributed by atoms with Gasteiger partial charge in [-0.3, -0.25) is 0 Å². The predicted octanol–water partition coefficient (Wildman–Crippen LogP) is 1.40. The summed E-state index contributed by atoms with van der Waals surface area (Å²) in [5.74, 6) is 1.18. The van der Waals surface area contributed by atoms with Gasteiger partial charge in [0.25, 0.3) is 0 Å². The zero-order valence-electron chi connectivity index (χ0n) is 11.7. The van der Waals surface area contributed by atoms with Crippen LogP contribution in [-0.2, 0) is 4.74 Å². The molecule has 1 saturated carbocycles. The maximum absolute atomic E-state index is 9.91. The lowest BCUT2D eigenvalue weighted by molar-refractivity contribution is 0.0495. The van der Waals surface area contributed by atoms with E-state index in [0.717, 1.165) is 0 Å².